The minimum Gasteiger partial charge on any atom is -0.359 e. The summed E-state index contributed by atoms with van der Waals surface area (Å²) in [7, 11) is 0. The van der Waals surface area contributed by atoms with Crippen LogP contribution in [0.5, 0.6) is 0 Å². The molecule has 1 fully saturated rings. The van der Waals surface area contributed by atoms with Crippen LogP contribution in [-0.4, -0.2) is 24.2 Å². The quantitative estimate of drug-likeness (QED) is 0.840. The topological polar surface area (TPSA) is 39.1 Å². The summed E-state index contributed by atoms with van der Waals surface area (Å²) in [5.74, 6) is 0. The molecule has 102 valence electrons. The molecule has 0 bridgehead atoms. The van der Waals surface area contributed by atoms with E-state index in [1.807, 2.05) is 18.2 Å². The van der Waals surface area contributed by atoms with Crippen LogP contribution < -0.4 is 10.2 Å². The summed E-state index contributed by atoms with van der Waals surface area (Å²) >= 11 is 0. The third-order valence-electron chi connectivity index (χ3n) is 3.95. The van der Waals surface area contributed by atoms with E-state index >= 15 is 0 Å². The third-order valence-corrected chi connectivity index (χ3v) is 3.95. The molecule has 1 aliphatic rings. The van der Waals surface area contributed by atoms with Crippen molar-refractivity contribution in [2.45, 2.75) is 45.2 Å². The molecule has 0 unspecified atom stereocenters. The second-order valence-electron chi connectivity index (χ2n) is 6.52. The molecule has 19 heavy (non-hydrogen) atoms. The number of nitrogens with one attached hydrogen (secondary N) is 1. The number of benzene rings is 1. The van der Waals surface area contributed by atoms with E-state index in [-0.39, 0.29) is 11.1 Å². The van der Waals surface area contributed by atoms with Crippen molar-refractivity contribution in [3.63, 3.8) is 0 Å². The number of para-hydroxylation sites is 1. The Morgan fingerprint density at radius 3 is 2.53 bits per heavy atom. The van der Waals surface area contributed by atoms with E-state index in [2.05, 4.69) is 50.0 Å². The number of nitriles is 1. The van der Waals surface area contributed by atoms with Crippen LogP contribution in [0.25, 0.3) is 0 Å². The van der Waals surface area contributed by atoms with E-state index in [4.69, 9.17) is 0 Å². The summed E-state index contributed by atoms with van der Waals surface area (Å²) in [6, 6.07) is 10.2. The van der Waals surface area contributed by atoms with Gasteiger partial charge in [-0.05, 0) is 52.8 Å². The fourth-order valence-corrected chi connectivity index (χ4v) is 3.21. The molecule has 0 saturated carbocycles. The van der Waals surface area contributed by atoms with Gasteiger partial charge in [0.05, 0.1) is 11.3 Å². The van der Waals surface area contributed by atoms with Gasteiger partial charge >= 0.3 is 0 Å². The second-order valence-corrected chi connectivity index (χ2v) is 6.52. The largest absolute Gasteiger partial charge is 0.359 e. The van der Waals surface area contributed by atoms with E-state index in [1.165, 1.54) is 0 Å². The van der Waals surface area contributed by atoms with Crippen molar-refractivity contribution in [1.29, 1.82) is 5.26 Å². The standard InChI is InChI=1S/C16H23N3/c1-15(2)9-10-18-12-16(3,4)19(15)14-8-6-5-7-13(14)11-17/h5-8,18H,9-10,12H2,1-4H3. The van der Waals surface area contributed by atoms with Crippen molar-refractivity contribution < 1.29 is 0 Å². The molecule has 0 radical (unpaired) electrons. The maximum absolute atomic E-state index is 9.37. The molecule has 2 rings (SSSR count). The lowest BCUT2D eigenvalue weighted by atomic mass is 9.90. The van der Waals surface area contributed by atoms with Crippen molar-refractivity contribution in [2.75, 3.05) is 18.0 Å². The van der Waals surface area contributed by atoms with Crippen LogP contribution in [0, 0.1) is 11.3 Å². The van der Waals surface area contributed by atoms with Crippen molar-refractivity contribution >= 4 is 5.69 Å². The highest BCUT2D eigenvalue weighted by molar-refractivity contribution is 5.62. The number of nitrogens with zero attached hydrogens (tertiary/aromatic N) is 2. The highest BCUT2D eigenvalue weighted by Crippen LogP contribution is 2.37. The Morgan fingerprint density at radius 2 is 1.84 bits per heavy atom. The monoisotopic (exact) mass is 257 g/mol. The van der Waals surface area contributed by atoms with Gasteiger partial charge in [-0.2, -0.15) is 5.26 Å². The minimum atomic E-state index is -0.0209. The molecule has 1 aliphatic heterocycles. The summed E-state index contributed by atoms with van der Waals surface area (Å²) in [5.41, 5.74) is 1.81. The summed E-state index contributed by atoms with van der Waals surface area (Å²) in [4.78, 5) is 2.42. The lowest BCUT2D eigenvalue weighted by molar-refractivity contribution is 0.357. The van der Waals surface area contributed by atoms with Gasteiger partial charge in [-0.3, -0.25) is 0 Å². The third kappa shape index (κ3) is 2.59. The summed E-state index contributed by atoms with van der Waals surface area (Å²) in [6.45, 7) is 10.9. The van der Waals surface area contributed by atoms with Crippen molar-refractivity contribution in [2.24, 2.45) is 0 Å². The van der Waals surface area contributed by atoms with Crippen LogP contribution in [0.4, 0.5) is 5.69 Å². The number of anilines is 1. The Hall–Kier alpha value is -1.53. The molecule has 1 aromatic rings. The molecule has 3 nitrogen and oxygen atoms in total. The minimum absolute atomic E-state index is 0.0209. The molecular weight excluding hydrogens is 234 g/mol. The van der Waals surface area contributed by atoms with Gasteiger partial charge < -0.3 is 10.2 Å². The lowest BCUT2D eigenvalue weighted by Gasteiger charge is -2.49. The molecule has 1 heterocycles. The SMILES string of the molecule is CC1(C)CCNCC(C)(C)N1c1ccccc1C#N. The van der Waals surface area contributed by atoms with Gasteiger partial charge in [0.15, 0.2) is 0 Å². The summed E-state index contributed by atoms with van der Waals surface area (Å²) in [6.07, 6.45) is 1.07. The van der Waals surface area contributed by atoms with Crippen molar-refractivity contribution in [1.82, 2.24) is 5.32 Å². The van der Waals surface area contributed by atoms with Gasteiger partial charge in [-0.15, -0.1) is 0 Å². The van der Waals surface area contributed by atoms with E-state index in [9.17, 15) is 5.26 Å². The average Bonchev–Trinajstić information content (AvgIpc) is 2.45. The average molecular weight is 257 g/mol. The molecular formula is C16H23N3. The molecule has 0 spiro atoms. The van der Waals surface area contributed by atoms with E-state index < -0.39 is 0 Å². The Morgan fingerprint density at radius 1 is 1.16 bits per heavy atom. The van der Waals surface area contributed by atoms with Crippen LogP contribution in [0.3, 0.4) is 0 Å². The number of hydrogen-bond donors (Lipinski definition) is 1. The number of rotatable bonds is 1. The molecule has 0 atom stereocenters. The van der Waals surface area contributed by atoms with Gasteiger partial charge in [0, 0.05) is 17.6 Å². The molecule has 1 saturated heterocycles. The second kappa shape index (κ2) is 4.86. The Kier molecular flexibility index (Phi) is 3.56. The molecule has 0 aromatic heterocycles. The van der Waals surface area contributed by atoms with Crippen molar-refractivity contribution in [3.05, 3.63) is 29.8 Å². The molecule has 0 aliphatic carbocycles. The van der Waals surface area contributed by atoms with Crippen LogP contribution in [0.2, 0.25) is 0 Å². The highest BCUT2D eigenvalue weighted by Gasteiger charge is 2.40. The first-order chi connectivity index (χ1) is 8.88. The molecule has 1 N–H and O–H groups in total. The molecule has 3 heteroatoms. The van der Waals surface area contributed by atoms with Gasteiger partial charge in [-0.25, -0.2) is 0 Å². The van der Waals surface area contributed by atoms with Crippen molar-refractivity contribution in [3.8, 4) is 6.07 Å². The first kappa shape index (κ1) is 13.9. The van der Waals surface area contributed by atoms with Gasteiger partial charge in [-0.1, -0.05) is 12.1 Å². The predicted octanol–water partition coefficient (Wildman–Crippen LogP) is 2.92. The zero-order valence-corrected chi connectivity index (χ0v) is 12.3. The zero-order chi connectivity index (χ0) is 14.1. The van der Waals surface area contributed by atoms with Crippen LogP contribution in [0.15, 0.2) is 24.3 Å². The molecule has 0 amide bonds. The molecule has 1 aromatic carbocycles. The Bertz CT molecular complexity index is 479. The van der Waals surface area contributed by atoms with Gasteiger partial charge in [0.25, 0.3) is 0 Å². The summed E-state index contributed by atoms with van der Waals surface area (Å²) < 4.78 is 0. The fraction of sp³-hybridized carbons (Fsp3) is 0.562. The van der Waals surface area contributed by atoms with Gasteiger partial charge in [0.2, 0.25) is 0 Å². The highest BCUT2D eigenvalue weighted by atomic mass is 15.3. The van der Waals surface area contributed by atoms with Gasteiger partial charge in [0.1, 0.15) is 6.07 Å². The predicted molar refractivity (Wildman–Crippen MR) is 79.3 cm³/mol. The van der Waals surface area contributed by atoms with Crippen LogP contribution in [0.1, 0.15) is 39.7 Å². The normalized spacial score (nSPS) is 21.5. The smallest absolute Gasteiger partial charge is 0.101 e. The first-order valence-corrected chi connectivity index (χ1v) is 6.89. The van der Waals surface area contributed by atoms with E-state index in [0.717, 1.165) is 30.8 Å². The van der Waals surface area contributed by atoms with E-state index in [0.29, 0.717) is 0 Å². The van der Waals surface area contributed by atoms with Crippen LogP contribution >= 0.6 is 0 Å². The number of hydrogen-bond acceptors (Lipinski definition) is 3. The fourth-order valence-electron chi connectivity index (χ4n) is 3.21. The maximum atomic E-state index is 9.37. The lowest BCUT2D eigenvalue weighted by Crippen LogP contribution is -2.57. The maximum Gasteiger partial charge on any atom is 0.101 e. The zero-order valence-electron chi connectivity index (χ0n) is 12.3. The van der Waals surface area contributed by atoms with E-state index in [1.54, 1.807) is 0 Å². The summed E-state index contributed by atoms with van der Waals surface area (Å²) in [5, 5.41) is 12.9. The van der Waals surface area contributed by atoms with Crippen LogP contribution in [-0.2, 0) is 0 Å². The first-order valence-electron chi connectivity index (χ1n) is 6.89. The Labute approximate surface area is 116 Å². The Balaban J connectivity index is 2.57.